The molecular weight excluding hydrogens is 255 g/mol. The van der Waals surface area contributed by atoms with Crippen LogP contribution in [0.1, 0.15) is 44.4 Å². The van der Waals surface area contributed by atoms with E-state index in [0.717, 1.165) is 24.1 Å². The second-order valence-corrected chi connectivity index (χ2v) is 5.67. The van der Waals surface area contributed by atoms with Crippen LogP contribution >= 0.6 is 0 Å². The number of benzene rings is 1. The van der Waals surface area contributed by atoms with E-state index in [9.17, 15) is 9.50 Å². The zero-order chi connectivity index (χ0) is 14.8. The second-order valence-electron chi connectivity index (χ2n) is 5.67. The summed E-state index contributed by atoms with van der Waals surface area (Å²) in [5.41, 5.74) is 1.18. The van der Waals surface area contributed by atoms with Gasteiger partial charge in [0.1, 0.15) is 5.82 Å². The van der Waals surface area contributed by atoms with Gasteiger partial charge in [-0.3, -0.25) is 4.68 Å². The topological polar surface area (TPSA) is 38.0 Å². The van der Waals surface area contributed by atoms with Gasteiger partial charge >= 0.3 is 0 Å². The van der Waals surface area contributed by atoms with E-state index < -0.39 is 11.5 Å². The maximum absolute atomic E-state index is 13.0. The van der Waals surface area contributed by atoms with Crippen molar-refractivity contribution < 1.29 is 9.50 Å². The lowest BCUT2D eigenvalue weighted by atomic mass is 9.77. The standard InChI is InChI=1S/C16H21FN2O/c1-4-9-19-11-12(10-18-19)15(20)16(2,3)13-5-7-14(17)8-6-13/h5-8,10-11,15,20H,4,9H2,1-3H3. The summed E-state index contributed by atoms with van der Waals surface area (Å²) in [7, 11) is 0. The van der Waals surface area contributed by atoms with Crippen molar-refractivity contribution in [3.63, 3.8) is 0 Å². The molecule has 2 rings (SSSR count). The van der Waals surface area contributed by atoms with Crippen LogP contribution in [0.4, 0.5) is 4.39 Å². The molecule has 0 bridgehead atoms. The van der Waals surface area contributed by atoms with Crippen LogP contribution in [0.2, 0.25) is 0 Å². The maximum Gasteiger partial charge on any atom is 0.123 e. The number of nitrogens with zero attached hydrogens (tertiary/aromatic N) is 2. The fourth-order valence-corrected chi connectivity index (χ4v) is 2.33. The Balaban J connectivity index is 2.25. The predicted molar refractivity (Wildman–Crippen MR) is 76.9 cm³/mol. The number of hydrogen-bond acceptors (Lipinski definition) is 2. The van der Waals surface area contributed by atoms with E-state index in [1.165, 1.54) is 12.1 Å². The summed E-state index contributed by atoms with van der Waals surface area (Å²) in [6.45, 7) is 6.81. The highest BCUT2D eigenvalue weighted by Gasteiger charge is 2.31. The summed E-state index contributed by atoms with van der Waals surface area (Å²) in [5, 5.41) is 14.9. The Morgan fingerprint density at radius 3 is 2.55 bits per heavy atom. The zero-order valence-electron chi connectivity index (χ0n) is 12.2. The van der Waals surface area contributed by atoms with Crippen LogP contribution in [0, 0.1) is 5.82 Å². The highest BCUT2D eigenvalue weighted by Crippen LogP contribution is 2.36. The van der Waals surface area contributed by atoms with Gasteiger partial charge in [-0.1, -0.05) is 32.9 Å². The van der Waals surface area contributed by atoms with Gasteiger partial charge in [-0.15, -0.1) is 0 Å². The SMILES string of the molecule is CCCn1cc(C(O)C(C)(C)c2ccc(F)cc2)cn1. The fraction of sp³-hybridized carbons (Fsp3) is 0.438. The largest absolute Gasteiger partial charge is 0.387 e. The Kier molecular flexibility index (Phi) is 4.23. The molecule has 0 fully saturated rings. The average molecular weight is 276 g/mol. The van der Waals surface area contributed by atoms with Crippen molar-refractivity contribution >= 4 is 0 Å². The smallest absolute Gasteiger partial charge is 0.123 e. The molecule has 0 saturated heterocycles. The highest BCUT2D eigenvalue weighted by molar-refractivity contribution is 5.29. The Bertz CT molecular complexity index is 560. The lowest BCUT2D eigenvalue weighted by Gasteiger charge is -2.30. The number of aliphatic hydroxyl groups excluding tert-OH is 1. The number of hydrogen-bond donors (Lipinski definition) is 1. The summed E-state index contributed by atoms with van der Waals surface area (Å²) in [6.07, 6.45) is 3.89. The monoisotopic (exact) mass is 276 g/mol. The number of aliphatic hydroxyl groups is 1. The van der Waals surface area contributed by atoms with Gasteiger partial charge in [0.2, 0.25) is 0 Å². The zero-order valence-corrected chi connectivity index (χ0v) is 12.2. The van der Waals surface area contributed by atoms with Gasteiger partial charge in [0.05, 0.1) is 12.3 Å². The van der Waals surface area contributed by atoms with Gasteiger partial charge in [0.25, 0.3) is 0 Å². The molecule has 0 saturated carbocycles. The van der Waals surface area contributed by atoms with Gasteiger partial charge in [-0.2, -0.15) is 5.10 Å². The predicted octanol–water partition coefficient (Wildman–Crippen LogP) is 3.44. The van der Waals surface area contributed by atoms with Crippen LogP contribution in [-0.2, 0) is 12.0 Å². The van der Waals surface area contributed by atoms with Gasteiger partial charge in [0.15, 0.2) is 0 Å². The Morgan fingerprint density at radius 2 is 1.95 bits per heavy atom. The molecule has 2 aromatic rings. The quantitative estimate of drug-likeness (QED) is 0.908. The molecule has 20 heavy (non-hydrogen) atoms. The Morgan fingerprint density at radius 1 is 1.30 bits per heavy atom. The molecule has 0 spiro atoms. The molecule has 0 radical (unpaired) electrons. The lowest BCUT2D eigenvalue weighted by molar-refractivity contribution is 0.100. The van der Waals surface area contributed by atoms with E-state index in [-0.39, 0.29) is 5.82 Å². The molecule has 1 atom stereocenters. The van der Waals surface area contributed by atoms with E-state index in [2.05, 4.69) is 12.0 Å². The van der Waals surface area contributed by atoms with Gasteiger partial charge in [-0.25, -0.2) is 4.39 Å². The Labute approximate surface area is 119 Å². The normalized spacial score (nSPS) is 13.4. The highest BCUT2D eigenvalue weighted by atomic mass is 19.1. The third kappa shape index (κ3) is 2.90. The summed E-state index contributed by atoms with van der Waals surface area (Å²) in [6, 6.07) is 6.28. The molecule has 1 heterocycles. The van der Waals surface area contributed by atoms with Crippen molar-refractivity contribution in [1.82, 2.24) is 9.78 Å². The van der Waals surface area contributed by atoms with E-state index in [1.54, 1.807) is 18.3 Å². The van der Waals surface area contributed by atoms with Gasteiger partial charge < -0.3 is 5.11 Å². The van der Waals surface area contributed by atoms with Gasteiger partial charge in [0, 0.05) is 23.7 Å². The van der Waals surface area contributed by atoms with Crippen molar-refractivity contribution in [2.24, 2.45) is 0 Å². The number of rotatable bonds is 5. The van der Waals surface area contributed by atoms with Crippen molar-refractivity contribution in [3.8, 4) is 0 Å². The molecular formula is C16H21FN2O. The van der Waals surface area contributed by atoms with E-state index in [1.807, 2.05) is 24.7 Å². The minimum atomic E-state index is -0.682. The average Bonchev–Trinajstić information content (AvgIpc) is 2.87. The second kappa shape index (κ2) is 5.75. The molecule has 0 aliphatic carbocycles. The number of halogens is 1. The molecule has 0 aliphatic heterocycles. The number of aromatic nitrogens is 2. The molecule has 0 aliphatic rings. The first-order chi connectivity index (χ1) is 9.45. The van der Waals surface area contributed by atoms with Crippen LogP contribution in [0.15, 0.2) is 36.7 Å². The third-order valence-corrected chi connectivity index (χ3v) is 3.69. The molecule has 108 valence electrons. The third-order valence-electron chi connectivity index (χ3n) is 3.69. The fourth-order valence-electron chi connectivity index (χ4n) is 2.33. The first-order valence-electron chi connectivity index (χ1n) is 6.91. The maximum atomic E-state index is 13.0. The summed E-state index contributed by atoms with van der Waals surface area (Å²) >= 11 is 0. The molecule has 1 N–H and O–H groups in total. The van der Waals surface area contributed by atoms with E-state index >= 15 is 0 Å². The van der Waals surface area contributed by atoms with Crippen LogP contribution in [0.3, 0.4) is 0 Å². The van der Waals surface area contributed by atoms with Crippen molar-refractivity contribution in [3.05, 3.63) is 53.6 Å². The summed E-state index contributed by atoms with van der Waals surface area (Å²) in [4.78, 5) is 0. The minimum Gasteiger partial charge on any atom is -0.387 e. The van der Waals surface area contributed by atoms with Crippen LogP contribution in [0.25, 0.3) is 0 Å². The van der Waals surface area contributed by atoms with Crippen molar-refractivity contribution in [2.45, 2.75) is 45.3 Å². The van der Waals surface area contributed by atoms with Crippen LogP contribution < -0.4 is 0 Å². The molecule has 0 amide bonds. The van der Waals surface area contributed by atoms with Crippen molar-refractivity contribution in [1.29, 1.82) is 0 Å². The van der Waals surface area contributed by atoms with Gasteiger partial charge in [-0.05, 0) is 24.1 Å². The molecule has 1 aromatic heterocycles. The minimum absolute atomic E-state index is 0.269. The van der Waals surface area contributed by atoms with Crippen molar-refractivity contribution in [2.75, 3.05) is 0 Å². The molecule has 3 nitrogen and oxygen atoms in total. The molecule has 1 aromatic carbocycles. The van der Waals surface area contributed by atoms with E-state index in [4.69, 9.17) is 0 Å². The lowest BCUT2D eigenvalue weighted by Crippen LogP contribution is -2.26. The molecule has 4 heteroatoms. The summed E-state index contributed by atoms with van der Waals surface area (Å²) in [5.74, 6) is -0.269. The first kappa shape index (κ1) is 14.7. The number of aryl methyl sites for hydroxylation is 1. The Hall–Kier alpha value is -1.68. The van der Waals surface area contributed by atoms with E-state index in [0.29, 0.717) is 0 Å². The first-order valence-corrected chi connectivity index (χ1v) is 6.91. The molecule has 1 unspecified atom stereocenters. The van der Waals surface area contributed by atoms with Crippen LogP contribution in [-0.4, -0.2) is 14.9 Å². The summed E-state index contributed by atoms with van der Waals surface area (Å²) < 4.78 is 14.8. The van der Waals surface area contributed by atoms with Crippen LogP contribution in [0.5, 0.6) is 0 Å².